The highest BCUT2D eigenvalue weighted by Gasteiger charge is 2.52. The Kier molecular flexibility index (Phi) is 1.56. The molecule has 2 saturated carbocycles. The molecule has 14 heavy (non-hydrogen) atoms. The Bertz CT molecular complexity index is 339. The third-order valence-corrected chi connectivity index (χ3v) is 4.41. The first-order valence-electron chi connectivity index (χ1n) is 5.59. The molecule has 0 unspecified atom stereocenters. The zero-order chi connectivity index (χ0) is 9.76. The number of carbonyl (C=O) groups is 1. The van der Waals surface area contributed by atoms with E-state index in [1.807, 2.05) is 0 Å². The van der Waals surface area contributed by atoms with Gasteiger partial charge in [-0.1, -0.05) is 24.3 Å². The van der Waals surface area contributed by atoms with E-state index >= 15 is 0 Å². The second kappa shape index (κ2) is 2.59. The Morgan fingerprint density at radius 2 is 2.36 bits per heavy atom. The van der Waals surface area contributed by atoms with Gasteiger partial charge in [-0.2, -0.15) is 0 Å². The zero-order valence-corrected chi connectivity index (χ0v) is 8.46. The van der Waals surface area contributed by atoms with Crippen molar-refractivity contribution in [3.8, 4) is 0 Å². The fourth-order valence-electron chi connectivity index (χ4n) is 3.65. The van der Waals surface area contributed by atoms with Crippen LogP contribution in [0.2, 0.25) is 0 Å². The Balaban J connectivity index is 2.05. The molecule has 0 aromatic heterocycles. The molecule has 1 nitrogen and oxygen atoms in total. The van der Waals surface area contributed by atoms with Crippen molar-refractivity contribution in [3.63, 3.8) is 0 Å². The summed E-state index contributed by atoms with van der Waals surface area (Å²) in [6.07, 6.45) is 10.0. The predicted molar refractivity (Wildman–Crippen MR) is 55.8 cm³/mol. The second-order valence-electron chi connectivity index (χ2n) is 5.17. The first-order valence-corrected chi connectivity index (χ1v) is 5.59. The van der Waals surface area contributed by atoms with Crippen LogP contribution in [0.4, 0.5) is 0 Å². The minimum atomic E-state index is 0.203. The van der Waals surface area contributed by atoms with E-state index in [0.29, 0.717) is 17.1 Å². The van der Waals surface area contributed by atoms with Crippen molar-refractivity contribution < 1.29 is 4.79 Å². The van der Waals surface area contributed by atoms with E-state index in [1.54, 1.807) is 0 Å². The monoisotopic (exact) mass is 188 g/mol. The summed E-state index contributed by atoms with van der Waals surface area (Å²) in [5.41, 5.74) is 1.54. The van der Waals surface area contributed by atoms with Crippen molar-refractivity contribution >= 4 is 5.78 Å². The summed E-state index contributed by atoms with van der Waals surface area (Å²) >= 11 is 0. The summed E-state index contributed by atoms with van der Waals surface area (Å²) in [7, 11) is 0. The molecule has 3 aliphatic carbocycles. The smallest absolute Gasteiger partial charge is 0.140 e. The molecule has 74 valence electrons. The number of rotatable bonds is 0. The van der Waals surface area contributed by atoms with Gasteiger partial charge in [0.1, 0.15) is 5.78 Å². The van der Waals surface area contributed by atoms with E-state index in [1.165, 1.54) is 12.0 Å². The van der Waals surface area contributed by atoms with Gasteiger partial charge in [0.05, 0.1) is 0 Å². The van der Waals surface area contributed by atoms with Crippen LogP contribution in [0.25, 0.3) is 0 Å². The van der Waals surface area contributed by atoms with Crippen LogP contribution in [0.15, 0.2) is 24.3 Å². The molecule has 3 rings (SSSR count). The Morgan fingerprint density at radius 3 is 3.21 bits per heavy atom. The van der Waals surface area contributed by atoms with Crippen LogP contribution in [0, 0.1) is 17.3 Å². The van der Waals surface area contributed by atoms with E-state index in [-0.39, 0.29) is 5.92 Å². The van der Waals surface area contributed by atoms with Gasteiger partial charge in [-0.05, 0) is 37.0 Å². The van der Waals surface area contributed by atoms with E-state index in [0.717, 1.165) is 25.7 Å². The molecule has 3 atom stereocenters. The van der Waals surface area contributed by atoms with Gasteiger partial charge >= 0.3 is 0 Å². The average Bonchev–Trinajstić information content (AvgIpc) is 2.44. The first kappa shape index (κ1) is 8.46. The maximum absolute atomic E-state index is 11.8. The summed E-state index contributed by atoms with van der Waals surface area (Å²) < 4.78 is 0. The van der Waals surface area contributed by atoms with Crippen LogP contribution in [0.3, 0.4) is 0 Å². The van der Waals surface area contributed by atoms with Gasteiger partial charge in [-0.15, -0.1) is 0 Å². The van der Waals surface area contributed by atoms with Crippen molar-refractivity contribution in [3.05, 3.63) is 24.3 Å². The van der Waals surface area contributed by atoms with Gasteiger partial charge in [-0.25, -0.2) is 0 Å². The summed E-state index contributed by atoms with van der Waals surface area (Å²) in [6.45, 7) is 4.08. The lowest BCUT2D eigenvalue weighted by atomic mass is 9.63. The van der Waals surface area contributed by atoms with E-state index in [4.69, 9.17) is 0 Å². The minimum Gasteiger partial charge on any atom is -0.299 e. The molecule has 0 saturated heterocycles. The second-order valence-corrected chi connectivity index (χ2v) is 5.17. The van der Waals surface area contributed by atoms with Gasteiger partial charge in [0.15, 0.2) is 0 Å². The summed E-state index contributed by atoms with van der Waals surface area (Å²) in [5.74, 6) is 1.29. The molecule has 0 aliphatic heterocycles. The molecule has 0 radical (unpaired) electrons. The fourth-order valence-corrected chi connectivity index (χ4v) is 3.65. The number of ketones is 1. The van der Waals surface area contributed by atoms with Gasteiger partial charge in [-0.3, -0.25) is 4.79 Å². The molecule has 0 N–H and O–H groups in total. The van der Waals surface area contributed by atoms with Gasteiger partial charge in [0.2, 0.25) is 0 Å². The third-order valence-electron chi connectivity index (χ3n) is 4.41. The molecule has 1 spiro atoms. The maximum Gasteiger partial charge on any atom is 0.140 e. The number of fused-ring (bicyclic) bond motifs is 1. The van der Waals surface area contributed by atoms with E-state index in [9.17, 15) is 4.79 Å². The highest BCUT2D eigenvalue weighted by molar-refractivity contribution is 5.86. The SMILES string of the molecule is C=C1C[C@@]23C=CCC[C@@H]2CC(=O)[C@@H]1C3. The molecular weight excluding hydrogens is 172 g/mol. The lowest BCUT2D eigenvalue weighted by Gasteiger charge is -2.40. The summed E-state index contributed by atoms with van der Waals surface area (Å²) in [4.78, 5) is 11.8. The third kappa shape index (κ3) is 0.930. The molecule has 3 aliphatic rings. The molecule has 0 aromatic carbocycles. The summed E-state index contributed by atoms with van der Waals surface area (Å²) in [6, 6.07) is 0. The number of hydrogen-bond donors (Lipinski definition) is 0. The summed E-state index contributed by atoms with van der Waals surface area (Å²) in [5, 5.41) is 0. The lowest BCUT2D eigenvalue weighted by molar-refractivity contribution is -0.126. The maximum atomic E-state index is 11.8. The molecule has 0 aromatic rings. The van der Waals surface area contributed by atoms with Crippen molar-refractivity contribution in [2.24, 2.45) is 17.3 Å². The number of hydrogen-bond acceptors (Lipinski definition) is 1. The van der Waals surface area contributed by atoms with Crippen molar-refractivity contribution in [1.29, 1.82) is 0 Å². The Labute approximate surface area is 84.9 Å². The number of Topliss-reactive ketones (excluding diaryl/α,β-unsaturated/α-hetero) is 1. The minimum absolute atomic E-state index is 0.203. The van der Waals surface area contributed by atoms with E-state index < -0.39 is 0 Å². The lowest BCUT2D eigenvalue weighted by Crippen LogP contribution is -2.35. The van der Waals surface area contributed by atoms with Crippen LogP contribution in [-0.4, -0.2) is 5.78 Å². The van der Waals surface area contributed by atoms with Crippen molar-refractivity contribution in [1.82, 2.24) is 0 Å². The highest BCUT2D eigenvalue weighted by Crippen LogP contribution is 2.58. The van der Waals surface area contributed by atoms with Gasteiger partial charge in [0.25, 0.3) is 0 Å². The van der Waals surface area contributed by atoms with E-state index in [2.05, 4.69) is 18.7 Å². The Morgan fingerprint density at radius 1 is 1.50 bits per heavy atom. The van der Waals surface area contributed by atoms with Gasteiger partial charge in [0, 0.05) is 12.3 Å². The fraction of sp³-hybridized carbons (Fsp3) is 0.615. The standard InChI is InChI=1S/C13H16O/c1-9-7-13-5-3-2-4-10(13)6-12(14)11(9)8-13/h3,5,10-11H,1-2,4,6-8H2/t10-,11-,13-/m1/s1. The molecule has 2 bridgehead atoms. The Hall–Kier alpha value is -0.850. The van der Waals surface area contributed by atoms with Crippen molar-refractivity contribution in [2.45, 2.75) is 32.1 Å². The molecule has 2 fully saturated rings. The predicted octanol–water partition coefficient (Wildman–Crippen LogP) is 2.88. The zero-order valence-electron chi connectivity index (χ0n) is 8.46. The highest BCUT2D eigenvalue weighted by atomic mass is 16.1. The van der Waals surface area contributed by atoms with Crippen LogP contribution in [0.5, 0.6) is 0 Å². The van der Waals surface area contributed by atoms with Crippen LogP contribution in [-0.2, 0) is 4.79 Å². The van der Waals surface area contributed by atoms with Crippen LogP contribution < -0.4 is 0 Å². The molecule has 1 heteroatoms. The number of carbonyl (C=O) groups excluding carboxylic acids is 1. The van der Waals surface area contributed by atoms with Crippen LogP contribution in [0.1, 0.15) is 32.1 Å². The van der Waals surface area contributed by atoms with Crippen LogP contribution >= 0.6 is 0 Å². The van der Waals surface area contributed by atoms with Crippen molar-refractivity contribution in [2.75, 3.05) is 0 Å². The normalized spacial score (nSPS) is 45.4. The topological polar surface area (TPSA) is 17.1 Å². The molecule has 0 heterocycles. The molecular formula is C13H16O. The number of allylic oxidation sites excluding steroid dienone is 3. The molecule has 0 amide bonds. The van der Waals surface area contributed by atoms with Gasteiger partial charge < -0.3 is 0 Å². The average molecular weight is 188 g/mol. The quantitative estimate of drug-likeness (QED) is 0.534. The largest absolute Gasteiger partial charge is 0.299 e. The first-order chi connectivity index (χ1) is 6.71.